The van der Waals surface area contributed by atoms with Crippen LogP contribution in [0.25, 0.3) is 5.69 Å². The number of benzene rings is 2. The SMILES string of the molecule is Cc1cccc(-n2ccnc2SCC(=O)Nc2ccccc2S(=O)(=O)C(F)F)c1. The fourth-order valence-electron chi connectivity index (χ4n) is 2.60. The first-order valence-electron chi connectivity index (χ1n) is 8.43. The number of para-hydroxylation sites is 1. The highest BCUT2D eigenvalue weighted by atomic mass is 32.2. The minimum atomic E-state index is -4.83. The average molecular weight is 437 g/mol. The molecule has 0 unspecified atom stereocenters. The van der Waals surface area contributed by atoms with Crippen molar-refractivity contribution >= 4 is 33.2 Å². The van der Waals surface area contributed by atoms with Gasteiger partial charge in [0.05, 0.1) is 16.3 Å². The summed E-state index contributed by atoms with van der Waals surface area (Å²) in [7, 11) is -4.83. The van der Waals surface area contributed by atoms with Crippen LogP contribution in [0.4, 0.5) is 14.5 Å². The first kappa shape index (κ1) is 21.0. The second kappa shape index (κ2) is 8.75. The van der Waals surface area contributed by atoms with Crippen LogP contribution in [-0.4, -0.2) is 35.4 Å². The van der Waals surface area contributed by atoms with E-state index in [0.717, 1.165) is 29.1 Å². The molecular formula is C19H17F2N3O3S2. The summed E-state index contributed by atoms with van der Waals surface area (Å²) < 4.78 is 51.1. The van der Waals surface area contributed by atoms with Crippen molar-refractivity contribution in [2.24, 2.45) is 0 Å². The number of alkyl halides is 2. The standard InChI is InChI=1S/C19H17F2N3O3S2/c1-13-5-4-6-14(11-13)24-10-9-22-19(24)28-12-17(25)23-15-7-2-3-8-16(15)29(26,27)18(20)21/h2-11,18H,12H2,1H3,(H,23,25). The molecule has 152 valence electrons. The molecule has 6 nitrogen and oxygen atoms in total. The Labute approximate surface area is 170 Å². The lowest BCUT2D eigenvalue weighted by atomic mass is 10.2. The van der Waals surface area contributed by atoms with E-state index in [4.69, 9.17) is 0 Å². The number of nitrogens with one attached hydrogen (secondary N) is 1. The van der Waals surface area contributed by atoms with Crippen molar-refractivity contribution in [3.05, 3.63) is 66.5 Å². The van der Waals surface area contributed by atoms with Gasteiger partial charge in [0.15, 0.2) is 5.16 Å². The number of aryl methyl sites for hydroxylation is 1. The second-order valence-corrected chi connectivity index (χ2v) is 8.89. The van der Waals surface area contributed by atoms with Crippen LogP contribution < -0.4 is 5.32 Å². The average Bonchev–Trinajstić information content (AvgIpc) is 3.15. The van der Waals surface area contributed by atoms with Crippen LogP contribution in [0, 0.1) is 6.92 Å². The molecule has 0 saturated heterocycles. The lowest BCUT2D eigenvalue weighted by molar-refractivity contribution is -0.113. The zero-order valence-electron chi connectivity index (χ0n) is 15.2. The third-order valence-corrected chi connectivity index (χ3v) is 6.33. The zero-order valence-corrected chi connectivity index (χ0v) is 16.9. The summed E-state index contributed by atoms with van der Waals surface area (Å²) in [5, 5.41) is 2.96. The molecule has 0 atom stereocenters. The molecule has 3 rings (SSSR count). The summed E-state index contributed by atoms with van der Waals surface area (Å²) in [5.74, 6) is -4.19. The van der Waals surface area contributed by atoms with E-state index in [-0.39, 0.29) is 11.4 Å². The van der Waals surface area contributed by atoms with Crippen molar-refractivity contribution < 1.29 is 22.0 Å². The molecule has 0 aliphatic carbocycles. The van der Waals surface area contributed by atoms with E-state index in [1.807, 2.05) is 35.8 Å². The molecule has 1 aromatic heterocycles. The number of halogens is 2. The smallest absolute Gasteiger partial charge is 0.324 e. The number of carbonyl (C=O) groups excluding carboxylic acids is 1. The number of imidazole rings is 1. The van der Waals surface area contributed by atoms with Crippen LogP contribution in [0.5, 0.6) is 0 Å². The van der Waals surface area contributed by atoms with Gasteiger partial charge in [0.2, 0.25) is 15.7 Å². The Morgan fingerprint density at radius 1 is 1.21 bits per heavy atom. The molecule has 0 aliphatic rings. The van der Waals surface area contributed by atoms with Crippen LogP contribution >= 0.6 is 11.8 Å². The fourth-order valence-corrected chi connectivity index (χ4v) is 4.26. The van der Waals surface area contributed by atoms with Gasteiger partial charge in [-0.2, -0.15) is 8.78 Å². The summed E-state index contributed by atoms with van der Waals surface area (Å²) in [4.78, 5) is 15.9. The van der Waals surface area contributed by atoms with Gasteiger partial charge in [0.1, 0.15) is 0 Å². The number of aromatic nitrogens is 2. The Kier molecular flexibility index (Phi) is 6.33. The van der Waals surface area contributed by atoms with Crippen molar-refractivity contribution in [1.82, 2.24) is 9.55 Å². The fraction of sp³-hybridized carbons (Fsp3) is 0.158. The summed E-state index contributed by atoms with van der Waals surface area (Å²) in [6.07, 6.45) is 3.37. The normalized spacial score (nSPS) is 11.6. The minimum Gasteiger partial charge on any atom is -0.324 e. The Hall–Kier alpha value is -2.72. The number of carbonyl (C=O) groups is 1. The first-order chi connectivity index (χ1) is 13.8. The van der Waals surface area contributed by atoms with E-state index in [1.54, 1.807) is 12.4 Å². The number of amides is 1. The van der Waals surface area contributed by atoms with E-state index in [2.05, 4.69) is 10.3 Å². The molecule has 10 heteroatoms. The molecule has 3 aromatic rings. The van der Waals surface area contributed by atoms with E-state index >= 15 is 0 Å². The van der Waals surface area contributed by atoms with Crippen molar-refractivity contribution in [3.63, 3.8) is 0 Å². The van der Waals surface area contributed by atoms with Gasteiger partial charge in [-0.25, -0.2) is 13.4 Å². The summed E-state index contributed by atoms with van der Waals surface area (Å²) >= 11 is 1.14. The van der Waals surface area contributed by atoms with Crippen molar-refractivity contribution in [2.75, 3.05) is 11.1 Å². The van der Waals surface area contributed by atoms with Gasteiger partial charge >= 0.3 is 5.76 Å². The highest BCUT2D eigenvalue weighted by molar-refractivity contribution is 7.99. The lowest BCUT2D eigenvalue weighted by Gasteiger charge is -2.11. The van der Waals surface area contributed by atoms with Gasteiger partial charge < -0.3 is 5.32 Å². The van der Waals surface area contributed by atoms with Crippen molar-refractivity contribution in [2.45, 2.75) is 22.7 Å². The summed E-state index contributed by atoms with van der Waals surface area (Å²) in [5.41, 5.74) is 1.78. The molecule has 0 radical (unpaired) electrons. The maximum atomic E-state index is 12.9. The van der Waals surface area contributed by atoms with E-state index < -0.39 is 26.4 Å². The number of sulfone groups is 1. The predicted molar refractivity (Wildman–Crippen MR) is 107 cm³/mol. The lowest BCUT2D eigenvalue weighted by Crippen LogP contribution is -2.19. The number of hydrogen-bond acceptors (Lipinski definition) is 5. The van der Waals surface area contributed by atoms with Gasteiger partial charge in [-0.05, 0) is 36.8 Å². The van der Waals surface area contributed by atoms with Crippen LogP contribution in [0.15, 0.2) is 71.0 Å². The monoisotopic (exact) mass is 437 g/mol. The third kappa shape index (κ3) is 4.83. The molecule has 1 heterocycles. The van der Waals surface area contributed by atoms with E-state index in [1.165, 1.54) is 18.2 Å². The second-order valence-electron chi connectivity index (χ2n) is 6.06. The molecule has 0 fully saturated rings. The zero-order chi connectivity index (χ0) is 21.0. The molecule has 29 heavy (non-hydrogen) atoms. The highest BCUT2D eigenvalue weighted by Gasteiger charge is 2.29. The molecule has 1 amide bonds. The molecular weight excluding hydrogens is 420 g/mol. The maximum absolute atomic E-state index is 12.9. The van der Waals surface area contributed by atoms with Crippen LogP contribution in [0.2, 0.25) is 0 Å². The number of nitrogens with zero attached hydrogens (tertiary/aromatic N) is 2. The van der Waals surface area contributed by atoms with Gasteiger partial charge in [0.25, 0.3) is 0 Å². The van der Waals surface area contributed by atoms with Crippen LogP contribution in [0.3, 0.4) is 0 Å². The Morgan fingerprint density at radius 2 is 1.97 bits per heavy atom. The minimum absolute atomic E-state index is 0.0775. The molecule has 1 N–H and O–H groups in total. The van der Waals surface area contributed by atoms with Crippen LogP contribution in [0.1, 0.15) is 5.56 Å². The molecule has 2 aromatic carbocycles. The van der Waals surface area contributed by atoms with Gasteiger partial charge in [-0.3, -0.25) is 9.36 Å². The topological polar surface area (TPSA) is 81.1 Å². The molecule has 0 aliphatic heterocycles. The molecule has 0 saturated carbocycles. The Morgan fingerprint density at radius 3 is 2.69 bits per heavy atom. The van der Waals surface area contributed by atoms with Crippen LogP contribution in [-0.2, 0) is 14.6 Å². The van der Waals surface area contributed by atoms with E-state index in [9.17, 15) is 22.0 Å². The number of thioether (sulfide) groups is 1. The largest absolute Gasteiger partial charge is 0.341 e. The van der Waals surface area contributed by atoms with Crippen molar-refractivity contribution in [3.8, 4) is 5.69 Å². The van der Waals surface area contributed by atoms with Gasteiger partial charge in [-0.15, -0.1) is 0 Å². The Balaban J connectivity index is 1.72. The summed E-state index contributed by atoms with van der Waals surface area (Å²) in [6, 6.07) is 12.8. The predicted octanol–water partition coefficient (Wildman–Crippen LogP) is 3.91. The molecule has 0 bridgehead atoms. The highest BCUT2D eigenvalue weighted by Crippen LogP contribution is 2.27. The quantitative estimate of drug-likeness (QED) is 0.567. The van der Waals surface area contributed by atoms with Gasteiger partial charge in [0, 0.05) is 18.1 Å². The third-order valence-electron chi connectivity index (χ3n) is 3.92. The van der Waals surface area contributed by atoms with E-state index in [0.29, 0.717) is 5.16 Å². The van der Waals surface area contributed by atoms with Gasteiger partial charge in [-0.1, -0.05) is 36.0 Å². The number of hydrogen-bond donors (Lipinski definition) is 1. The first-order valence-corrected chi connectivity index (χ1v) is 11.0. The van der Waals surface area contributed by atoms with Crippen molar-refractivity contribution in [1.29, 1.82) is 0 Å². The number of anilines is 1. The number of rotatable bonds is 7. The molecule has 0 spiro atoms. The maximum Gasteiger partial charge on any atom is 0.341 e. The Bertz CT molecular complexity index is 1130. The summed E-state index contributed by atoms with van der Waals surface area (Å²) in [6.45, 7) is 1.96.